The molecule has 0 spiro atoms. The summed E-state index contributed by atoms with van der Waals surface area (Å²) in [5, 5.41) is 4.39. The van der Waals surface area contributed by atoms with Gasteiger partial charge < -0.3 is 4.90 Å². The molecule has 2 aliphatic rings. The molecule has 0 aliphatic carbocycles. The lowest BCUT2D eigenvalue weighted by Crippen LogP contribution is -2.28. The minimum absolute atomic E-state index is 0.0329. The normalized spacial score (nSPS) is 23.9. The number of nitrogens with zero attached hydrogens (tertiary/aromatic N) is 3. The second-order valence-electron chi connectivity index (χ2n) is 5.15. The molecular weight excluding hydrogens is 224 g/mol. The van der Waals surface area contributed by atoms with Crippen molar-refractivity contribution in [1.82, 2.24) is 14.7 Å². The van der Waals surface area contributed by atoms with Crippen molar-refractivity contribution < 1.29 is 8.78 Å². The van der Waals surface area contributed by atoms with E-state index in [0.29, 0.717) is 19.5 Å². The molecule has 0 saturated heterocycles. The summed E-state index contributed by atoms with van der Waals surface area (Å²) in [6.45, 7) is 2.16. The second kappa shape index (κ2) is 3.77. The molecule has 94 valence electrons. The molecule has 0 radical (unpaired) electrons. The number of fused-ring (bicyclic) bond motifs is 3. The summed E-state index contributed by atoms with van der Waals surface area (Å²) in [4.78, 5) is 2.09. The van der Waals surface area contributed by atoms with Gasteiger partial charge in [0.1, 0.15) is 5.69 Å². The van der Waals surface area contributed by atoms with E-state index in [2.05, 4.69) is 10.00 Å². The zero-order valence-corrected chi connectivity index (χ0v) is 10.0. The maximum atomic E-state index is 14.1. The molecule has 0 unspecified atom stereocenters. The van der Waals surface area contributed by atoms with Gasteiger partial charge in [-0.2, -0.15) is 13.9 Å². The predicted octanol–water partition coefficient (Wildman–Crippen LogP) is 2.15. The molecule has 3 nitrogen and oxygen atoms in total. The molecule has 0 amide bonds. The van der Waals surface area contributed by atoms with Crippen molar-refractivity contribution in [2.75, 3.05) is 13.6 Å². The Kier molecular flexibility index (Phi) is 2.47. The number of aromatic nitrogens is 2. The Bertz CT molecular complexity index is 439. The van der Waals surface area contributed by atoms with Crippen molar-refractivity contribution in [2.45, 2.75) is 44.7 Å². The summed E-state index contributed by atoms with van der Waals surface area (Å²) in [5.41, 5.74) is 1.86. The first-order chi connectivity index (χ1) is 8.08. The molecule has 0 bridgehead atoms. The predicted molar refractivity (Wildman–Crippen MR) is 60.0 cm³/mol. The standard InChI is InChI=1S/C12H17F2N3/c1-16-7-4-10-9(8-16)11-12(13,14)5-2-3-6-17(11)15-10/h2-8H2,1H3. The molecular formula is C12H17F2N3. The third kappa shape index (κ3) is 1.76. The molecule has 5 heteroatoms. The van der Waals surface area contributed by atoms with Crippen LogP contribution in [0.15, 0.2) is 0 Å². The number of rotatable bonds is 0. The van der Waals surface area contributed by atoms with Crippen molar-refractivity contribution in [1.29, 1.82) is 0 Å². The zero-order valence-electron chi connectivity index (χ0n) is 10.0. The average Bonchev–Trinajstić information content (AvgIpc) is 2.55. The van der Waals surface area contributed by atoms with Crippen LogP contribution in [-0.4, -0.2) is 28.3 Å². The van der Waals surface area contributed by atoms with Crippen LogP contribution >= 0.6 is 0 Å². The fraction of sp³-hybridized carbons (Fsp3) is 0.750. The van der Waals surface area contributed by atoms with E-state index in [4.69, 9.17) is 0 Å². The number of hydrogen-bond acceptors (Lipinski definition) is 2. The number of halogens is 2. The van der Waals surface area contributed by atoms with Crippen LogP contribution in [0.2, 0.25) is 0 Å². The fourth-order valence-electron chi connectivity index (χ4n) is 2.86. The van der Waals surface area contributed by atoms with E-state index in [1.807, 2.05) is 7.05 Å². The van der Waals surface area contributed by atoms with E-state index in [0.717, 1.165) is 30.6 Å². The Morgan fingerprint density at radius 2 is 2.06 bits per heavy atom. The van der Waals surface area contributed by atoms with E-state index in [1.54, 1.807) is 4.68 Å². The largest absolute Gasteiger partial charge is 0.302 e. The first kappa shape index (κ1) is 11.1. The lowest BCUT2D eigenvalue weighted by molar-refractivity contribution is -0.0204. The Morgan fingerprint density at radius 1 is 1.24 bits per heavy atom. The summed E-state index contributed by atoms with van der Waals surface area (Å²) in [6, 6.07) is 0. The monoisotopic (exact) mass is 241 g/mol. The quantitative estimate of drug-likeness (QED) is 0.694. The van der Waals surface area contributed by atoms with E-state index in [1.165, 1.54) is 0 Å². The van der Waals surface area contributed by atoms with Gasteiger partial charge in [-0.1, -0.05) is 0 Å². The molecule has 0 aromatic carbocycles. The highest BCUT2D eigenvalue weighted by molar-refractivity contribution is 5.32. The molecule has 0 fully saturated rings. The first-order valence-corrected chi connectivity index (χ1v) is 6.23. The third-order valence-electron chi connectivity index (χ3n) is 3.75. The summed E-state index contributed by atoms with van der Waals surface area (Å²) in [5.74, 6) is -2.70. The van der Waals surface area contributed by atoms with Gasteiger partial charge in [0.2, 0.25) is 0 Å². The van der Waals surface area contributed by atoms with Crippen LogP contribution in [0, 0.1) is 0 Å². The highest BCUT2D eigenvalue weighted by atomic mass is 19.3. The maximum Gasteiger partial charge on any atom is 0.289 e. The number of alkyl halides is 2. The van der Waals surface area contributed by atoms with Crippen molar-refractivity contribution in [3.63, 3.8) is 0 Å². The average molecular weight is 241 g/mol. The molecule has 0 saturated carbocycles. The van der Waals surface area contributed by atoms with Crippen LogP contribution in [0.3, 0.4) is 0 Å². The lowest BCUT2D eigenvalue weighted by Gasteiger charge is -2.24. The van der Waals surface area contributed by atoms with Crippen molar-refractivity contribution in [3.05, 3.63) is 17.0 Å². The molecule has 3 rings (SSSR count). The van der Waals surface area contributed by atoms with Gasteiger partial charge in [-0.25, -0.2) is 0 Å². The van der Waals surface area contributed by atoms with Crippen LogP contribution in [0.25, 0.3) is 0 Å². The van der Waals surface area contributed by atoms with Gasteiger partial charge in [0, 0.05) is 38.0 Å². The van der Waals surface area contributed by atoms with Crippen LogP contribution < -0.4 is 0 Å². The Hall–Kier alpha value is -0.970. The van der Waals surface area contributed by atoms with Gasteiger partial charge >= 0.3 is 0 Å². The molecule has 3 heterocycles. The summed E-state index contributed by atoms with van der Waals surface area (Å²) >= 11 is 0. The Balaban J connectivity index is 2.12. The van der Waals surface area contributed by atoms with E-state index >= 15 is 0 Å². The number of aryl methyl sites for hydroxylation is 1. The van der Waals surface area contributed by atoms with Crippen molar-refractivity contribution in [3.8, 4) is 0 Å². The minimum Gasteiger partial charge on any atom is -0.302 e. The zero-order chi connectivity index (χ0) is 12.0. The lowest BCUT2D eigenvalue weighted by atomic mass is 10.0. The summed E-state index contributed by atoms with van der Waals surface area (Å²) < 4.78 is 29.8. The van der Waals surface area contributed by atoms with E-state index < -0.39 is 5.92 Å². The van der Waals surface area contributed by atoms with Gasteiger partial charge in [-0.05, 0) is 19.9 Å². The van der Waals surface area contributed by atoms with Gasteiger partial charge in [0.15, 0.2) is 0 Å². The summed E-state index contributed by atoms with van der Waals surface area (Å²) in [7, 11) is 1.97. The van der Waals surface area contributed by atoms with Crippen molar-refractivity contribution in [2.24, 2.45) is 0 Å². The smallest absolute Gasteiger partial charge is 0.289 e. The van der Waals surface area contributed by atoms with Gasteiger partial charge in [-0.3, -0.25) is 4.68 Å². The molecule has 2 aliphatic heterocycles. The molecule has 1 aromatic rings. The van der Waals surface area contributed by atoms with E-state index in [-0.39, 0.29) is 12.1 Å². The second-order valence-corrected chi connectivity index (χ2v) is 5.15. The SMILES string of the molecule is CN1CCc2nn3c(c2C1)C(F)(F)CCCC3. The molecule has 17 heavy (non-hydrogen) atoms. The van der Waals surface area contributed by atoms with Crippen LogP contribution in [0.5, 0.6) is 0 Å². The molecule has 1 aromatic heterocycles. The fourth-order valence-corrected chi connectivity index (χ4v) is 2.86. The first-order valence-electron chi connectivity index (χ1n) is 6.23. The Labute approximate surface area is 99.4 Å². The third-order valence-corrected chi connectivity index (χ3v) is 3.75. The summed E-state index contributed by atoms with van der Waals surface area (Å²) in [6.07, 6.45) is 2.15. The van der Waals surface area contributed by atoms with Crippen LogP contribution in [0.1, 0.15) is 36.2 Å². The maximum absolute atomic E-state index is 14.1. The van der Waals surface area contributed by atoms with Gasteiger partial charge in [0.05, 0.1) is 5.69 Å². The van der Waals surface area contributed by atoms with Crippen LogP contribution in [-0.2, 0) is 25.4 Å². The molecule has 0 atom stereocenters. The topological polar surface area (TPSA) is 21.1 Å². The van der Waals surface area contributed by atoms with Crippen molar-refractivity contribution >= 4 is 0 Å². The Morgan fingerprint density at radius 3 is 2.88 bits per heavy atom. The highest BCUT2D eigenvalue weighted by Crippen LogP contribution is 2.40. The van der Waals surface area contributed by atoms with Crippen LogP contribution in [0.4, 0.5) is 8.78 Å². The van der Waals surface area contributed by atoms with Gasteiger partial charge in [-0.15, -0.1) is 0 Å². The number of likely N-dealkylation sites (N-methyl/N-ethyl adjacent to an activating group) is 1. The van der Waals surface area contributed by atoms with E-state index in [9.17, 15) is 8.78 Å². The van der Waals surface area contributed by atoms with Gasteiger partial charge in [0.25, 0.3) is 5.92 Å². The number of hydrogen-bond donors (Lipinski definition) is 0. The molecule has 0 N–H and O–H groups in total. The highest BCUT2D eigenvalue weighted by Gasteiger charge is 2.41. The minimum atomic E-state index is -2.70.